The summed E-state index contributed by atoms with van der Waals surface area (Å²) in [6.45, 7) is 2.81. The Hall–Kier alpha value is -1.14. The number of hydrogen-bond donors (Lipinski definition) is 2. The molecule has 1 aliphatic rings. The molecule has 0 aliphatic carbocycles. The zero-order valence-corrected chi connectivity index (χ0v) is 8.05. The first kappa shape index (κ1) is 9.42. The Labute approximate surface area is 81.7 Å². The average Bonchev–Trinajstić information content (AvgIpc) is 2.62. The molecule has 1 saturated heterocycles. The Bertz CT molecular complexity index is 327. The van der Waals surface area contributed by atoms with Crippen LogP contribution < -0.4 is 5.73 Å². The molecule has 0 amide bonds. The van der Waals surface area contributed by atoms with Gasteiger partial charge >= 0.3 is 0 Å². The van der Waals surface area contributed by atoms with Gasteiger partial charge in [-0.15, -0.1) is 5.10 Å². The topological polar surface area (TPSA) is 86.2 Å². The third-order valence-corrected chi connectivity index (χ3v) is 2.65. The highest BCUT2D eigenvalue weighted by Gasteiger charge is 2.40. The summed E-state index contributed by atoms with van der Waals surface area (Å²) in [5, 5.41) is 14.1. The van der Waals surface area contributed by atoms with Gasteiger partial charge in [-0.05, 0) is 6.92 Å². The molecule has 14 heavy (non-hydrogen) atoms. The first-order valence-corrected chi connectivity index (χ1v) is 4.59. The van der Waals surface area contributed by atoms with Gasteiger partial charge in [0.05, 0.1) is 12.6 Å². The van der Waals surface area contributed by atoms with E-state index in [9.17, 15) is 5.11 Å². The van der Waals surface area contributed by atoms with Crippen LogP contribution in [0, 0.1) is 0 Å². The summed E-state index contributed by atoms with van der Waals surface area (Å²) in [5.41, 5.74) is 4.53. The van der Waals surface area contributed by atoms with E-state index < -0.39 is 5.60 Å². The number of ether oxygens (including phenoxy) is 1. The molecule has 1 aliphatic heterocycles. The molecule has 0 bridgehead atoms. The van der Waals surface area contributed by atoms with Crippen LogP contribution >= 0.6 is 0 Å². The second kappa shape index (κ2) is 3.21. The smallest absolute Gasteiger partial charge is 0.239 e. The zero-order chi connectivity index (χ0) is 10.2. The molecule has 2 rings (SSSR count). The second-order valence-electron chi connectivity index (χ2n) is 3.67. The van der Waals surface area contributed by atoms with E-state index in [1.165, 1.54) is 6.33 Å². The fourth-order valence-electron chi connectivity index (χ4n) is 1.64. The molecule has 2 heterocycles. The van der Waals surface area contributed by atoms with Crippen LogP contribution in [0.2, 0.25) is 0 Å². The van der Waals surface area contributed by atoms with Gasteiger partial charge in [0.1, 0.15) is 11.9 Å². The van der Waals surface area contributed by atoms with Crippen molar-refractivity contribution in [1.29, 1.82) is 0 Å². The molecular weight excluding hydrogens is 184 g/mol. The number of nitrogen functional groups attached to an aromatic ring is 1. The van der Waals surface area contributed by atoms with Gasteiger partial charge in [0.2, 0.25) is 5.95 Å². The van der Waals surface area contributed by atoms with Crippen LogP contribution in [0.4, 0.5) is 5.95 Å². The summed E-state index contributed by atoms with van der Waals surface area (Å²) >= 11 is 0. The largest absolute Gasteiger partial charge is 0.385 e. The Morgan fingerprint density at radius 2 is 2.64 bits per heavy atom. The highest BCUT2D eigenvalue weighted by Crippen LogP contribution is 2.26. The second-order valence-corrected chi connectivity index (χ2v) is 3.67. The van der Waals surface area contributed by atoms with Crippen molar-refractivity contribution in [2.24, 2.45) is 0 Å². The number of hydrogen-bond acceptors (Lipinski definition) is 5. The van der Waals surface area contributed by atoms with E-state index in [0.717, 1.165) is 0 Å². The van der Waals surface area contributed by atoms with Gasteiger partial charge in [0, 0.05) is 13.0 Å². The Kier molecular flexibility index (Phi) is 2.16. The summed E-state index contributed by atoms with van der Waals surface area (Å²) in [5.74, 6) is 0.222. The minimum atomic E-state index is -0.847. The normalized spacial score (nSPS) is 32.3. The SMILES string of the molecule is CC1OCCC1(O)Cn1cnc(N)n1. The molecule has 78 valence electrons. The van der Waals surface area contributed by atoms with Crippen LogP contribution in [0.25, 0.3) is 0 Å². The molecule has 0 radical (unpaired) electrons. The molecule has 6 nitrogen and oxygen atoms in total. The van der Waals surface area contributed by atoms with Crippen molar-refractivity contribution in [3.63, 3.8) is 0 Å². The van der Waals surface area contributed by atoms with Crippen molar-refractivity contribution in [3.8, 4) is 0 Å². The van der Waals surface area contributed by atoms with Crippen LogP contribution in [0.1, 0.15) is 13.3 Å². The minimum Gasteiger partial charge on any atom is -0.385 e. The molecule has 0 saturated carbocycles. The zero-order valence-electron chi connectivity index (χ0n) is 8.05. The van der Waals surface area contributed by atoms with Crippen LogP contribution in [0.5, 0.6) is 0 Å². The molecule has 0 spiro atoms. The van der Waals surface area contributed by atoms with Gasteiger partial charge in [-0.25, -0.2) is 9.67 Å². The average molecular weight is 198 g/mol. The van der Waals surface area contributed by atoms with Crippen molar-refractivity contribution in [1.82, 2.24) is 14.8 Å². The van der Waals surface area contributed by atoms with Crippen molar-refractivity contribution in [3.05, 3.63) is 6.33 Å². The summed E-state index contributed by atoms with van der Waals surface area (Å²) in [7, 11) is 0. The third-order valence-electron chi connectivity index (χ3n) is 2.65. The van der Waals surface area contributed by atoms with Gasteiger partial charge in [-0.1, -0.05) is 0 Å². The molecule has 0 aromatic carbocycles. The maximum atomic E-state index is 10.2. The number of aliphatic hydroxyl groups is 1. The molecule has 3 N–H and O–H groups in total. The van der Waals surface area contributed by atoms with Gasteiger partial charge in [0.15, 0.2) is 0 Å². The first-order valence-electron chi connectivity index (χ1n) is 4.59. The van der Waals surface area contributed by atoms with Crippen LogP contribution in [0.15, 0.2) is 6.33 Å². The Morgan fingerprint density at radius 3 is 3.14 bits per heavy atom. The van der Waals surface area contributed by atoms with Gasteiger partial charge in [0.25, 0.3) is 0 Å². The maximum Gasteiger partial charge on any atom is 0.239 e. The molecule has 1 aromatic heterocycles. The summed E-state index contributed by atoms with van der Waals surface area (Å²) in [6, 6.07) is 0. The highest BCUT2D eigenvalue weighted by atomic mass is 16.5. The molecule has 1 aromatic rings. The minimum absolute atomic E-state index is 0.173. The lowest BCUT2D eigenvalue weighted by Gasteiger charge is -2.25. The molecule has 2 unspecified atom stereocenters. The molecule has 2 atom stereocenters. The predicted molar refractivity (Wildman–Crippen MR) is 49.4 cm³/mol. The van der Waals surface area contributed by atoms with E-state index in [0.29, 0.717) is 19.6 Å². The molecular formula is C8H14N4O2. The van der Waals surface area contributed by atoms with E-state index in [1.54, 1.807) is 4.68 Å². The van der Waals surface area contributed by atoms with E-state index in [-0.39, 0.29) is 12.1 Å². The van der Waals surface area contributed by atoms with E-state index in [1.807, 2.05) is 6.92 Å². The monoisotopic (exact) mass is 198 g/mol. The van der Waals surface area contributed by atoms with Crippen LogP contribution in [-0.4, -0.2) is 38.2 Å². The number of nitrogens with zero attached hydrogens (tertiary/aromatic N) is 3. The number of rotatable bonds is 2. The first-order chi connectivity index (χ1) is 6.60. The van der Waals surface area contributed by atoms with Crippen molar-refractivity contribution < 1.29 is 9.84 Å². The lowest BCUT2D eigenvalue weighted by Crippen LogP contribution is -2.40. The number of nitrogens with two attached hydrogens (primary N) is 1. The van der Waals surface area contributed by atoms with Crippen molar-refractivity contribution in [2.75, 3.05) is 12.3 Å². The fourth-order valence-corrected chi connectivity index (χ4v) is 1.64. The summed E-state index contributed by atoms with van der Waals surface area (Å²) < 4.78 is 6.85. The number of anilines is 1. The lowest BCUT2D eigenvalue weighted by molar-refractivity contribution is -0.0409. The molecule has 6 heteroatoms. The maximum absolute atomic E-state index is 10.2. The predicted octanol–water partition coefficient (Wildman–Crippen LogP) is -0.600. The fraction of sp³-hybridized carbons (Fsp3) is 0.750. The highest BCUT2D eigenvalue weighted by molar-refractivity contribution is 5.09. The molecule has 1 fully saturated rings. The van der Waals surface area contributed by atoms with Crippen molar-refractivity contribution >= 4 is 5.95 Å². The Balaban J connectivity index is 2.10. The van der Waals surface area contributed by atoms with Gasteiger partial charge in [-0.2, -0.15) is 0 Å². The van der Waals surface area contributed by atoms with Gasteiger partial charge < -0.3 is 15.6 Å². The van der Waals surface area contributed by atoms with E-state index in [4.69, 9.17) is 10.5 Å². The van der Waals surface area contributed by atoms with Crippen LogP contribution in [0.3, 0.4) is 0 Å². The quantitative estimate of drug-likeness (QED) is 0.662. The van der Waals surface area contributed by atoms with E-state index >= 15 is 0 Å². The van der Waals surface area contributed by atoms with Crippen molar-refractivity contribution in [2.45, 2.75) is 31.6 Å². The van der Waals surface area contributed by atoms with E-state index in [2.05, 4.69) is 10.1 Å². The number of aromatic nitrogens is 3. The Morgan fingerprint density at radius 1 is 1.86 bits per heavy atom. The lowest BCUT2D eigenvalue weighted by atomic mass is 9.97. The van der Waals surface area contributed by atoms with Gasteiger partial charge in [-0.3, -0.25) is 0 Å². The third kappa shape index (κ3) is 1.58. The summed E-state index contributed by atoms with van der Waals surface area (Å²) in [6.07, 6.45) is 1.96. The summed E-state index contributed by atoms with van der Waals surface area (Å²) in [4.78, 5) is 3.79. The standard InChI is InChI=1S/C8H14N4O2/c1-6-8(13,2-3-14-6)4-12-5-10-7(9)11-12/h5-6,13H,2-4H2,1H3,(H2,9,11). The van der Waals surface area contributed by atoms with Crippen LogP contribution in [-0.2, 0) is 11.3 Å².